The maximum atomic E-state index is 13.2. The summed E-state index contributed by atoms with van der Waals surface area (Å²) in [6.07, 6.45) is 13.0. The molecule has 2 heterocycles. The van der Waals surface area contributed by atoms with Crippen LogP contribution in [0.5, 0.6) is 0 Å². The Kier molecular flexibility index (Phi) is 7.32. The molecule has 0 saturated heterocycles. The monoisotopic (exact) mass is 476 g/mol. The average Bonchev–Trinajstić information content (AvgIpc) is 3.56. The number of rotatable bonds is 8. The first-order valence-electron chi connectivity index (χ1n) is 13.7. The van der Waals surface area contributed by atoms with Gasteiger partial charge in [-0.1, -0.05) is 45.4 Å². The van der Waals surface area contributed by atoms with Gasteiger partial charge in [0.15, 0.2) is 5.82 Å². The number of nitrogens with one attached hydrogen (secondary N) is 1. The summed E-state index contributed by atoms with van der Waals surface area (Å²) in [6, 6.07) is 7.36. The Morgan fingerprint density at radius 1 is 1.03 bits per heavy atom. The molecule has 188 valence electrons. The minimum atomic E-state index is 0.0193. The zero-order valence-corrected chi connectivity index (χ0v) is 21.6. The highest BCUT2D eigenvalue weighted by Gasteiger charge is 2.34. The lowest BCUT2D eigenvalue weighted by Gasteiger charge is -2.36. The fourth-order valence-corrected chi connectivity index (χ4v) is 6.29. The average molecular weight is 477 g/mol. The van der Waals surface area contributed by atoms with Crippen LogP contribution >= 0.6 is 0 Å². The molecule has 2 fully saturated rings. The molecule has 2 aliphatic rings. The van der Waals surface area contributed by atoms with Crippen molar-refractivity contribution < 1.29 is 0 Å². The van der Waals surface area contributed by atoms with Crippen LogP contribution in [0.1, 0.15) is 112 Å². The van der Waals surface area contributed by atoms with E-state index in [0.29, 0.717) is 18.6 Å². The summed E-state index contributed by atoms with van der Waals surface area (Å²) in [5.41, 5.74) is 4.22. The maximum absolute atomic E-state index is 13.2. The number of hydrogen-bond acceptors (Lipinski definition) is 5. The highest BCUT2D eigenvalue weighted by molar-refractivity contribution is 5.80. The molecule has 5 rings (SSSR count). The molecular weight excluding hydrogens is 436 g/mol. The molecule has 0 radical (unpaired) electrons. The Morgan fingerprint density at radius 3 is 2.49 bits per heavy atom. The maximum Gasteiger partial charge on any atom is 0.252 e. The Labute approximate surface area is 208 Å². The Balaban J connectivity index is 1.53. The molecule has 1 aromatic carbocycles. The van der Waals surface area contributed by atoms with E-state index in [1.54, 1.807) is 0 Å². The molecule has 0 amide bonds. The molecular formula is C28H40N6O. The summed E-state index contributed by atoms with van der Waals surface area (Å²) in [7, 11) is 0. The van der Waals surface area contributed by atoms with Crippen molar-refractivity contribution in [3.8, 4) is 0 Å². The molecule has 1 atom stereocenters. The van der Waals surface area contributed by atoms with E-state index in [1.165, 1.54) is 56.1 Å². The fraction of sp³-hybridized carbons (Fsp3) is 0.643. The van der Waals surface area contributed by atoms with Crippen molar-refractivity contribution in [3.63, 3.8) is 0 Å². The van der Waals surface area contributed by atoms with Gasteiger partial charge in [0.1, 0.15) is 0 Å². The van der Waals surface area contributed by atoms with Crippen LogP contribution in [0.4, 0.5) is 0 Å². The van der Waals surface area contributed by atoms with Crippen molar-refractivity contribution in [2.24, 2.45) is 0 Å². The Bertz CT molecular complexity index is 1200. The highest BCUT2D eigenvalue weighted by atomic mass is 16.1. The minimum absolute atomic E-state index is 0.0193. The zero-order chi connectivity index (χ0) is 24.4. The highest BCUT2D eigenvalue weighted by Crippen LogP contribution is 2.37. The molecule has 2 saturated carbocycles. The molecule has 2 aromatic heterocycles. The summed E-state index contributed by atoms with van der Waals surface area (Å²) >= 11 is 0. The summed E-state index contributed by atoms with van der Waals surface area (Å²) in [5.74, 6) is 0.995. The molecule has 0 bridgehead atoms. The van der Waals surface area contributed by atoms with E-state index >= 15 is 0 Å². The van der Waals surface area contributed by atoms with Crippen molar-refractivity contribution in [2.45, 2.75) is 116 Å². The van der Waals surface area contributed by atoms with Gasteiger partial charge in [-0.25, -0.2) is 4.68 Å². The summed E-state index contributed by atoms with van der Waals surface area (Å²) in [6.45, 7) is 7.09. The van der Waals surface area contributed by atoms with Crippen LogP contribution in [0.3, 0.4) is 0 Å². The molecule has 3 aromatic rings. The van der Waals surface area contributed by atoms with Gasteiger partial charge in [-0.3, -0.25) is 9.69 Å². The number of aromatic nitrogens is 5. The summed E-state index contributed by atoms with van der Waals surface area (Å²) < 4.78 is 2.14. The van der Waals surface area contributed by atoms with Gasteiger partial charge in [-0.05, 0) is 91.1 Å². The first-order valence-corrected chi connectivity index (χ1v) is 13.7. The van der Waals surface area contributed by atoms with Crippen LogP contribution in [-0.2, 0) is 6.54 Å². The third kappa shape index (κ3) is 5.06. The molecule has 7 heteroatoms. The van der Waals surface area contributed by atoms with E-state index in [1.807, 2.05) is 0 Å². The topological polar surface area (TPSA) is 79.7 Å². The molecule has 2 aliphatic carbocycles. The number of H-pyrrole nitrogens is 1. The second-order valence-corrected chi connectivity index (χ2v) is 10.8. The standard InChI is InChI=1S/C28H40N6O/c1-4-10-26(27-30-31-32-34(27)24-13-6-5-7-14-24)33(23-11-8-9-12-23)18-22-17-21-15-19(2)20(3)16-25(21)29-28(22)35/h15-17,23-24,26H,4-14,18H2,1-3H3,(H,29,35)/t26-/m0/s1. The van der Waals surface area contributed by atoms with Gasteiger partial charge in [0, 0.05) is 23.7 Å². The van der Waals surface area contributed by atoms with E-state index < -0.39 is 0 Å². The summed E-state index contributed by atoms with van der Waals surface area (Å²) in [4.78, 5) is 19.0. The fourth-order valence-electron chi connectivity index (χ4n) is 6.29. The first-order chi connectivity index (χ1) is 17.0. The van der Waals surface area contributed by atoms with Gasteiger partial charge < -0.3 is 4.98 Å². The SMILES string of the molecule is CCC[C@@H](c1nnnn1C1CCCCC1)N(Cc1cc2cc(C)c(C)cc2[nH]c1=O)C1CCCC1. The van der Waals surface area contributed by atoms with Crippen LogP contribution in [0.15, 0.2) is 23.0 Å². The predicted molar refractivity (Wildman–Crippen MR) is 139 cm³/mol. The van der Waals surface area contributed by atoms with Gasteiger partial charge in [0.05, 0.1) is 12.1 Å². The zero-order valence-electron chi connectivity index (χ0n) is 21.6. The van der Waals surface area contributed by atoms with Crippen LogP contribution in [0.2, 0.25) is 0 Å². The van der Waals surface area contributed by atoms with E-state index in [-0.39, 0.29) is 11.6 Å². The lowest BCUT2D eigenvalue weighted by atomic mass is 9.95. The third-order valence-corrected chi connectivity index (χ3v) is 8.38. The second kappa shape index (κ2) is 10.6. The number of nitrogens with zero attached hydrogens (tertiary/aromatic N) is 5. The summed E-state index contributed by atoms with van der Waals surface area (Å²) in [5, 5.41) is 14.4. The van der Waals surface area contributed by atoms with Crippen molar-refractivity contribution in [3.05, 3.63) is 51.1 Å². The van der Waals surface area contributed by atoms with Crippen molar-refractivity contribution in [1.29, 1.82) is 0 Å². The van der Waals surface area contributed by atoms with Gasteiger partial charge in [0.25, 0.3) is 5.56 Å². The smallest absolute Gasteiger partial charge is 0.252 e. The minimum Gasteiger partial charge on any atom is -0.322 e. The molecule has 1 N–H and O–H groups in total. The van der Waals surface area contributed by atoms with Gasteiger partial charge in [-0.2, -0.15) is 0 Å². The first kappa shape index (κ1) is 24.2. The number of hydrogen-bond donors (Lipinski definition) is 1. The third-order valence-electron chi connectivity index (χ3n) is 8.38. The van der Waals surface area contributed by atoms with E-state index in [2.05, 4.69) is 69.1 Å². The molecule has 0 aliphatic heterocycles. The Hall–Kier alpha value is -2.54. The number of tetrazole rings is 1. The lowest BCUT2D eigenvalue weighted by Crippen LogP contribution is -2.39. The van der Waals surface area contributed by atoms with Gasteiger partial charge >= 0.3 is 0 Å². The molecule has 0 unspecified atom stereocenters. The van der Waals surface area contributed by atoms with Crippen molar-refractivity contribution in [1.82, 2.24) is 30.1 Å². The lowest BCUT2D eigenvalue weighted by molar-refractivity contribution is 0.105. The van der Waals surface area contributed by atoms with E-state index in [4.69, 9.17) is 0 Å². The van der Waals surface area contributed by atoms with E-state index in [9.17, 15) is 4.79 Å². The van der Waals surface area contributed by atoms with Crippen LogP contribution in [0.25, 0.3) is 10.9 Å². The quantitative estimate of drug-likeness (QED) is 0.436. The van der Waals surface area contributed by atoms with Crippen molar-refractivity contribution >= 4 is 10.9 Å². The largest absolute Gasteiger partial charge is 0.322 e. The van der Waals surface area contributed by atoms with Gasteiger partial charge in [0.2, 0.25) is 0 Å². The second-order valence-electron chi connectivity index (χ2n) is 10.8. The molecule has 7 nitrogen and oxygen atoms in total. The van der Waals surface area contributed by atoms with Crippen molar-refractivity contribution in [2.75, 3.05) is 0 Å². The van der Waals surface area contributed by atoms with Gasteiger partial charge in [-0.15, -0.1) is 5.10 Å². The Morgan fingerprint density at radius 2 is 1.74 bits per heavy atom. The number of benzene rings is 1. The predicted octanol–water partition coefficient (Wildman–Crippen LogP) is 5.92. The molecule has 35 heavy (non-hydrogen) atoms. The number of aryl methyl sites for hydroxylation is 2. The van der Waals surface area contributed by atoms with Crippen LogP contribution in [0, 0.1) is 13.8 Å². The number of pyridine rings is 1. The number of aromatic amines is 1. The molecule has 0 spiro atoms. The van der Waals surface area contributed by atoms with E-state index in [0.717, 1.165) is 48.0 Å². The van der Waals surface area contributed by atoms with Crippen LogP contribution in [-0.4, -0.2) is 36.1 Å². The normalized spacial score (nSPS) is 18.6. The number of fused-ring (bicyclic) bond motifs is 1. The van der Waals surface area contributed by atoms with Crippen LogP contribution < -0.4 is 5.56 Å².